The maximum atomic E-state index is 2.43. The monoisotopic (exact) mass is 761 g/mol. The number of thiophene rings is 2. The third kappa shape index (κ3) is 6.00. The van der Waals surface area contributed by atoms with Gasteiger partial charge in [-0.05, 0) is 93.0 Å². The molecule has 0 fully saturated rings. The van der Waals surface area contributed by atoms with Crippen molar-refractivity contribution >= 4 is 80.1 Å². The molecule has 9 aromatic carbocycles. The first-order valence-corrected chi connectivity index (χ1v) is 21.0. The van der Waals surface area contributed by atoms with Gasteiger partial charge in [-0.1, -0.05) is 164 Å². The molecule has 0 amide bonds. The molecule has 0 saturated carbocycles. The lowest BCUT2D eigenvalue weighted by molar-refractivity contribution is 1.30. The van der Waals surface area contributed by atoms with Gasteiger partial charge in [0.1, 0.15) is 0 Å². The van der Waals surface area contributed by atoms with Gasteiger partial charge >= 0.3 is 0 Å². The molecule has 0 aliphatic rings. The average molecular weight is 762 g/mol. The van der Waals surface area contributed by atoms with Crippen LogP contribution in [0.3, 0.4) is 0 Å². The van der Waals surface area contributed by atoms with Gasteiger partial charge in [0.2, 0.25) is 0 Å². The van der Waals surface area contributed by atoms with Crippen molar-refractivity contribution < 1.29 is 0 Å². The molecule has 11 rings (SSSR count). The van der Waals surface area contributed by atoms with E-state index in [2.05, 4.69) is 217 Å². The smallest absolute Gasteiger partial charge is 0.0640 e. The van der Waals surface area contributed by atoms with Gasteiger partial charge in [-0.2, -0.15) is 0 Å². The molecule has 3 heteroatoms. The maximum Gasteiger partial charge on any atom is 0.0640 e. The van der Waals surface area contributed by atoms with Crippen molar-refractivity contribution in [3.05, 3.63) is 212 Å². The Morgan fingerprint density at radius 1 is 0.281 bits per heavy atom. The van der Waals surface area contributed by atoms with Crippen molar-refractivity contribution in [3.63, 3.8) is 0 Å². The van der Waals surface area contributed by atoms with Gasteiger partial charge in [0.15, 0.2) is 0 Å². The first-order valence-electron chi connectivity index (χ1n) is 19.3. The SMILES string of the molecule is c1ccc(-c2ccc(-c3ccc(N(c4ccc(-c5ccc6sc7ccccc7c6c5)cc4)c4cccc5c4sc4c(-c6ccccc6)cccc45)cc3)cc2)cc1. The Morgan fingerprint density at radius 2 is 0.754 bits per heavy atom. The highest BCUT2D eigenvalue weighted by Gasteiger charge is 2.20. The molecule has 2 aromatic heterocycles. The molecule has 0 radical (unpaired) electrons. The van der Waals surface area contributed by atoms with Crippen LogP contribution >= 0.6 is 22.7 Å². The predicted molar refractivity (Wildman–Crippen MR) is 249 cm³/mol. The van der Waals surface area contributed by atoms with E-state index in [9.17, 15) is 0 Å². The van der Waals surface area contributed by atoms with Crippen molar-refractivity contribution in [2.75, 3.05) is 4.90 Å². The molecule has 0 N–H and O–H groups in total. The number of hydrogen-bond acceptors (Lipinski definition) is 3. The molecular formula is C54H35NS2. The summed E-state index contributed by atoms with van der Waals surface area (Å²) in [6.07, 6.45) is 0. The molecule has 0 atom stereocenters. The standard InChI is InChI=1S/C54H35NS2/c1-3-11-36(12-4-1)37-21-23-38(24-22-37)39-25-30-43(31-26-39)55(44-32-27-40(28-33-44)42-29-34-52-49(35-42)46-15-7-8-20-51(46)56-52)50-19-10-18-48-47-17-9-16-45(53(47)57-54(48)50)41-13-5-2-6-14-41/h1-35H. The van der Waals surface area contributed by atoms with Crippen LogP contribution < -0.4 is 4.90 Å². The van der Waals surface area contributed by atoms with Crippen molar-refractivity contribution in [1.82, 2.24) is 0 Å². The van der Waals surface area contributed by atoms with Crippen molar-refractivity contribution in [2.45, 2.75) is 0 Å². The summed E-state index contributed by atoms with van der Waals surface area (Å²) in [6.45, 7) is 0. The summed E-state index contributed by atoms with van der Waals surface area (Å²) in [7, 11) is 0. The lowest BCUT2D eigenvalue weighted by Crippen LogP contribution is -2.10. The van der Waals surface area contributed by atoms with E-state index in [1.807, 2.05) is 22.7 Å². The molecule has 0 bridgehead atoms. The normalized spacial score (nSPS) is 11.5. The third-order valence-electron chi connectivity index (χ3n) is 11.1. The van der Waals surface area contributed by atoms with Gasteiger partial charge in [-0.15, -0.1) is 22.7 Å². The Morgan fingerprint density at radius 3 is 1.42 bits per heavy atom. The number of nitrogens with zero attached hydrogens (tertiary/aromatic N) is 1. The van der Waals surface area contributed by atoms with Crippen LogP contribution in [0.2, 0.25) is 0 Å². The van der Waals surface area contributed by atoms with E-state index < -0.39 is 0 Å². The summed E-state index contributed by atoms with van der Waals surface area (Å²) in [5.74, 6) is 0. The van der Waals surface area contributed by atoms with Gasteiger partial charge in [0.05, 0.1) is 10.4 Å². The molecule has 268 valence electrons. The quantitative estimate of drug-likeness (QED) is 0.156. The minimum absolute atomic E-state index is 1.12. The van der Waals surface area contributed by atoms with E-state index in [1.54, 1.807) is 0 Å². The van der Waals surface area contributed by atoms with Crippen LogP contribution in [0.5, 0.6) is 0 Å². The molecule has 11 aromatic rings. The van der Waals surface area contributed by atoms with Crippen LogP contribution in [0, 0.1) is 0 Å². The first kappa shape index (κ1) is 33.5. The highest BCUT2D eigenvalue weighted by Crippen LogP contribution is 2.47. The van der Waals surface area contributed by atoms with Crippen LogP contribution in [-0.2, 0) is 0 Å². The summed E-state index contributed by atoms with van der Waals surface area (Å²) in [6, 6.07) is 77.5. The van der Waals surface area contributed by atoms with Crippen molar-refractivity contribution in [1.29, 1.82) is 0 Å². The molecule has 1 nitrogen and oxygen atoms in total. The zero-order valence-electron chi connectivity index (χ0n) is 31.0. The summed E-state index contributed by atoms with van der Waals surface area (Å²) < 4.78 is 5.24. The van der Waals surface area contributed by atoms with Gasteiger partial charge in [-0.3, -0.25) is 0 Å². The van der Waals surface area contributed by atoms with Crippen LogP contribution in [0.25, 0.3) is 84.9 Å². The maximum absolute atomic E-state index is 2.43. The lowest BCUT2D eigenvalue weighted by Gasteiger charge is -2.26. The minimum atomic E-state index is 1.12. The van der Waals surface area contributed by atoms with E-state index in [0.717, 1.165) is 11.4 Å². The number of rotatable bonds is 7. The van der Waals surface area contributed by atoms with E-state index in [1.165, 1.54) is 90.5 Å². The van der Waals surface area contributed by atoms with E-state index in [0.29, 0.717) is 0 Å². The van der Waals surface area contributed by atoms with Crippen LogP contribution in [-0.4, -0.2) is 0 Å². The Labute approximate surface area is 340 Å². The second-order valence-corrected chi connectivity index (χ2v) is 16.6. The van der Waals surface area contributed by atoms with E-state index in [-0.39, 0.29) is 0 Å². The van der Waals surface area contributed by atoms with Gasteiger partial charge < -0.3 is 4.90 Å². The second kappa shape index (κ2) is 14.1. The van der Waals surface area contributed by atoms with Crippen LogP contribution in [0.15, 0.2) is 212 Å². The predicted octanol–water partition coefficient (Wildman–Crippen LogP) is 16.6. The molecule has 0 aliphatic heterocycles. The van der Waals surface area contributed by atoms with E-state index >= 15 is 0 Å². The molecule has 0 spiro atoms. The molecule has 2 heterocycles. The van der Waals surface area contributed by atoms with Crippen molar-refractivity contribution in [2.24, 2.45) is 0 Å². The Balaban J connectivity index is 1.02. The van der Waals surface area contributed by atoms with Crippen LogP contribution in [0.1, 0.15) is 0 Å². The number of hydrogen-bond donors (Lipinski definition) is 0. The fourth-order valence-electron chi connectivity index (χ4n) is 8.25. The van der Waals surface area contributed by atoms with Gasteiger partial charge in [0, 0.05) is 47.0 Å². The molecule has 0 saturated heterocycles. The highest BCUT2D eigenvalue weighted by atomic mass is 32.1. The zero-order valence-corrected chi connectivity index (χ0v) is 32.6. The molecule has 0 aliphatic carbocycles. The molecule has 57 heavy (non-hydrogen) atoms. The number of benzene rings is 9. The largest absolute Gasteiger partial charge is 0.309 e. The fraction of sp³-hybridized carbons (Fsp3) is 0. The fourth-order valence-corrected chi connectivity index (χ4v) is 10.7. The van der Waals surface area contributed by atoms with Crippen molar-refractivity contribution in [3.8, 4) is 44.5 Å². The average Bonchev–Trinajstić information content (AvgIpc) is 3.86. The topological polar surface area (TPSA) is 3.24 Å². The zero-order chi connectivity index (χ0) is 37.7. The minimum Gasteiger partial charge on any atom is -0.309 e. The Kier molecular flexibility index (Phi) is 8.28. The number of anilines is 3. The van der Waals surface area contributed by atoms with E-state index in [4.69, 9.17) is 0 Å². The Hall–Kier alpha value is -6.78. The van der Waals surface area contributed by atoms with Gasteiger partial charge in [-0.25, -0.2) is 0 Å². The summed E-state index contributed by atoms with van der Waals surface area (Å²) in [4.78, 5) is 2.43. The summed E-state index contributed by atoms with van der Waals surface area (Å²) in [5, 5.41) is 5.21. The van der Waals surface area contributed by atoms with Gasteiger partial charge in [0.25, 0.3) is 0 Å². The Bertz CT molecular complexity index is 3200. The third-order valence-corrected chi connectivity index (χ3v) is 13.5. The molecule has 0 unspecified atom stereocenters. The lowest BCUT2D eigenvalue weighted by atomic mass is 10.00. The van der Waals surface area contributed by atoms with Crippen LogP contribution in [0.4, 0.5) is 17.1 Å². The summed E-state index contributed by atoms with van der Waals surface area (Å²) in [5.41, 5.74) is 13.2. The number of fused-ring (bicyclic) bond motifs is 6. The highest BCUT2D eigenvalue weighted by molar-refractivity contribution is 7.27. The first-order chi connectivity index (χ1) is 28.2. The second-order valence-electron chi connectivity index (χ2n) is 14.5. The molecular weight excluding hydrogens is 727 g/mol. The summed E-state index contributed by atoms with van der Waals surface area (Å²) >= 11 is 3.75.